The highest BCUT2D eigenvalue weighted by Gasteiger charge is 2.43. The molecule has 3 aromatic rings. The van der Waals surface area contributed by atoms with Crippen LogP contribution in [0.1, 0.15) is 108 Å². The molecule has 0 saturated carbocycles. The van der Waals surface area contributed by atoms with Crippen molar-refractivity contribution in [1.82, 2.24) is 72.7 Å². The summed E-state index contributed by atoms with van der Waals surface area (Å²) in [5.74, 6) is -4.63. The maximum Gasteiger partial charge on any atom is 0.315 e. The van der Waals surface area contributed by atoms with Crippen LogP contribution < -0.4 is 65.1 Å². The van der Waals surface area contributed by atoms with E-state index in [9.17, 15) is 47.9 Å². The number of primary amides is 1. The SMILES string of the molecule is NCCCC[C@@H]1NC(=O)[C@H](CCCCN)NC(=O)[C@@H](NC(=O)COCCOCCOCCNC(=O)CCCCC2SC[C@@H]3NC(=O)N[C@H]23)Cc2cn(nn2)CCCC[C@@H](C(N)=O)NC(=O)[C@@H]2CCCN2C(=O)[C@H](Cc2c[nH]c3ccccc23)NC(=O)CNC1=O. The molecule has 2 aromatic heterocycles. The molecular weight excluding hydrogens is 1190 g/mol. The van der Waals surface area contributed by atoms with Crippen molar-refractivity contribution in [2.24, 2.45) is 17.2 Å². The number of amides is 11. The lowest BCUT2D eigenvalue weighted by Crippen LogP contribution is -2.58. The number of hydrogen-bond acceptors (Lipinski definition) is 18. The summed E-state index contributed by atoms with van der Waals surface area (Å²) in [5, 5.41) is 34.8. The van der Waals surface area contributed by atoms with E-state index in [1.54, 1.807) is 12.4 Å². The number of aromatic amines is 1. The summed E-state index contributed by atoms with van der Waals surface area (Å²) in [5.41, 5.74) is 19.3. The van der Waals surface area contributed by atoms with Crippen molar-refractivity contribution in [2.45, 2.75) is 169 Å². The van der Waals surface area contributed by atoms with Gasteiger partial charge in [-0.05, 0) is 108 Å². The Morgan fingerprint density at radius 2 is 1.43 bits per heavy atom. The number of nitrogens with one attached hydrogen (secondary N) is 10. The Kier molecular flexibility index (Phi) is 28.8. The van der Waals surface area contributed by atoms with Crippen LogP contribution in [-0.2, 0) is 76.7 Å². The number of para-hydroxylation sites is 1. The molecule has 7 rings (SSSR count). The number of H-pyrrole nitrogens is 1. The topological polar surface area (TPSA) is 434 Å². The van der Waals surface area contributed by atoms with E-state index in [1.807, 2.05) is 36.0 Å². The molecule has 6 heterocycles. The number of hydrogen-bond donors (Lipinski definition) is 13. The number of carbonyl (C=O) groups excluding carboxylic acids is 10. The summed E-state index contributed by atoms with van der Waals surface area (Å²) in [6, 6.07) is 0.657. The molecule has 30 nitrogen and oxygen atoms in total. The number of thioether (sulfide) groups is 1. The fraction of sp³-hybridized carbons (Fsp3) is 0.661. The number of aryl methyl sites for hydroxylation is 1. The molecule has 4 aliphatic rings. The van der Waals surface area contributed by atoms with Crippen LogP contribution in [0.15, 0.2) is 36.7 Å². The van der Waals surface area contributed by atoms with Gasteiger partial charge in [0.15, 0.2) is 0 Å². The van der Waals surface area contributed by atoms with E-state index < -0.39 is 96.7 Å². The molecular formula is C59H91N17O13S. The number of ether oxygens (including phenoxy) is 3. The Bertz CT molecular complexity index is 2880. The smallest absolute Gasteiger partial charge is 0.315 e. The normalized spacial score (nSPS) is 24.1. The minimum atomic E-state index is -1.31. The van der Waals surface area contributed by atoms with Crippen LogP contribution in [0, 0.1) is 0 Å². The molecule has 4 aliphatic heterocycles. The first-order valence-electron chi connectivity index (χ1n) is 31.5. The highest BCUT2D eigenvalue weighted by Crippen LogP contribution is 2.33. The van der Waals surface area contributed by atoms with Gasteiger partial charge in [0.1, 0.15) is 42.9 Å². The third-order valence-corrected chi connectivity index (χ3v) is 17.7. The molecule has 0 aliphatic carbocycles. The molecule has 11 amide bonds. The van der Waals surface area contributed by atoms with Gasteiger partial charge in [0.05, 0.1) is 57.4 Å². The second kappa shape index (κ2) is 37.0. The van der Waals surface area contributed by atoms with Crippen LogP contribution in [-0.4, -0.2) is 216 Å². The second-order valence-electron chi connectivity index (χ2n) is 23.0. The number of nitrogens with zero attached hydrogens (tertiary/aromatic N) is 4. The highest BCUT2D eigenvalue weighted by atomic mass is 32.2. The third kappa shape index (κ3) is 22.2. The number of benzene rings is 1. The van der Waals surface area contributed by atoms with Gasteiger partial charge < -0.3 is 89.1 Å². The lowest BCUT2D eigenvalue weighted by Gasteiger charge is -2.30. The fourth-order valence-corrected chi connectivity index (χ4v) is 13.0. The maximum absolute atomic E-state index is 14.6. The summed E-state index contributed by atoms with van der Waals surface area (Å²) in [7, 11) is 0. The van der Waals surface area contributed by atoms with Crippen molar-refractivity contribution < 1.29 is 62.2 Å². The number of aromatic nitrogens is 4. The van der Waals surface area contributed by atoms with E-state index in [1.165, 1.54) is 9.58 Å². The van der Waals surface area contributed by atoms with E-state index in [-0.39, 0.29) is 95.5 Å². The van der Waals surface area contributed by atoms with E-state index >= 15 is 0 Å². The van der Waals surface area contributed by atoms with E-state index in [2.05, 4.69) is 63.1 Å². The molecule has 3 saturated heterocycles. The molecule has 90 heavy (non-hydrogen) atoms. The summed E-state index contributed by atoms with van der Waals surface area (Å²) in [6.07, 6.45) is 9.95. The van der Waals surface area contributed by atoms with Gasteiger partial charge in [-0.25, -0.2) is 4.79 Å². The Balaban J connectivity index is 0.955. The Morgan fingerprint density at radius 1 is 0.711 bits per heavy atom. The molecule has 496 valence electrons. The highest BCUT2D eigenvalue weighted by molar-refractivity contribution is 8.00. The summed E-state index contributed by atoms with van der Waals surface area (Å²) >= 11 is 1.85. The van der Waals surface area contributed by atoms with E-state index in [0.29, 0.717) is 101 Å². The number of fused-ring (bicyclic) bond motifs is 5. The van der Waals surface area contributed by atoms with Gasteiger partial charge >= 0.3 is 6.03 Å². The zero-order valence-electron chi connectivity index (χ0n) is 51.1. The Morgan fingerprint density at radius 3 is 2.20 bits per heavy atom. The molecule has 16 N–H and O–H groups in total. The van der Waals surface area contributed by atoms with Gasteiger partial charge in [-0.2, -0.15) is 11.8 Å². The number of urea groups is 1. The van der Waals surface area contributed by atoms with Crippen LogP contribution in [0.4, 0.5) is 4.79 Å². The van der Waals surface area contributed by atoms with Crippen LogP contribution in [0.3, 0.4) is 0 Å². The van der Waals surface area contributed by atoms with Gasteiger partial charge in [0, 0.05) is 73.2 Å². The monoisotopic (exact) mass is 1280 g/mol. The third-order valence-electron chi connectivity index (χ3n) is 16.2. The predicted molar refractivity (Wildman–Crippen MR) is 331 cm³/mol. The molecule has 31 heteroatoms. The van der Waals surface area contributed by atoms with Crippen LogP contribution >= 0.6 is 11.8 Å². The van der Waals surface area contributed by atoms with Crippen molar-refractivity contribution in [2.75, 3.05) is 78.1 Å². The maximum atomic E-state index is 14.6. The summed E-state index contributed by atoms with van der Waals surface area (Å²) < 4.78 is 18.3. The largest absolute Gasteiger partial charge is 0.377 e. The number of nitrogens with two attached hydrogens (primary N) is 3. The molecule has 3 fully saturated rings. The molecule has 1 aromatic carbocycles. The van der Waals surface area contributed by atoms with Crippen molar-refractivity contribution in [3.05, 3.63) is 47.9 Å². The second-order valence-corrected chi connectivity index (χ2v) is 24.3. The van der Waals surface area contributed by atoms with Crippen LogP contribution in [0.25, 0.3) is 10.9 Å². The molecule has 1 unspecified atom stereocenters. The van der Waals surface area contributed by atoms with Crippen molar-refractivity contribution in [1.29, 1.82) is 0 Å². The summed E-state index contributed by atoms with van der Waals surface area (Å²) in [4.78, 5) is 140. The number of carbonyl (C=O) groups is 10. The van der Waals surface area contributed by atoms with Crippen LogP contribution in [0.5, 0.6) is 0 Å². The molecule has 2 bridgehead atoms. The molecule has 0 radical (unpaired) electrons. The average molecular weight is 1280 g/mol. The average Bonchev–Trinajstić information content (AvgIpc) is 3.75. The zero-order valence-corrected chi connectivity index (χ0v) is 51.9. The minimum Gasteiger partial charge on any atom is -0.377 e. The van der Waals surface area contributed by atoms with Gasteiger partial charge in [0.2, 0.25) is 53.2 Å². The van der Waals surface area contributed by atoms with Crippen LogP contribution in [0.2, 0.25) is 0 Å². The Labute approximate surface area is 527 Å². The van der Waals surface area contributed by atoms with E-state index in [0.717, 1.165) is 35.9 Å². The first-order valence-corrected chi connectivity index (χ1v) is 32.6. The van der Waals surface area contributed by atoms with E-state index in [4.69, 9.17) is 31.4 Å². The lowest BCUT2D eigenvalue weighted by atomic mass is 10.0. The van der Waals surface area contributed by atoms with Gasteiger partial charge in [-0.3, -0.25) is 47.8 Å². The minimum absolute atomic E-state index is 0.0179. The zero-order chi connectivity index (χ0) is 64.2. The van der Waals surface area contributed by atoms with Gasteiger partial charge in [-0.1, -0.05) is 29.8 Å². The van der Waals surface area contributed by atoms with Gasteiger partial charge in [0.25, 0.3) is 0 Å². The summed E-state index contributed by atoms with van der Waals surface area (Å²) in [6.45, 7) is 1.28. The fourth-order valence-electron chi connectivity index (χ4n) is 11.4. The van der Waals surface area contributed by atoms with Crippen molar-refractivity contribution >= 4 is 81.9 Å². The predicted octanol–water partition coefficient (Wildman–Crippen LogP) is -2.11. The number of rotatable bonds is 28. The van der Waals surface area contributed by atoms with Crippen molar-refractivity contribution in [3.63, 3.8) is 0 Å². The first kappa shape index (κ1) is 70.0. The Hall–Kier alpha value is -7.45. The quantitative estimate of drug-likeness (QED) is 0.0273. The van der Waals surface area contributed by atoms with Gasteiger partial charge in [-0.15, -0.1) is 5.10 Å². The molecule has 0 spiro atoms. The lowest BCUT2D eigenvalue weighted by molar-refractivity contribution is -0.142. The number of unbranched alkanes of at least 4 members (excludes halogenated alkanes) is 3. The standard InChI is InChI=1S/C59H91N17O13S/c60-20-8-5-15-42-54(81)65-33-50(78)67-45(30-37-32-64-40-13-2-1-12-39(37)40)58(85)76-24-11-17-47(76)57(84)68-41(53(62)80)14-7-10-23-75-34-38(73-74-75)31-44(56(83)70-43(55(82)69-42)16-6-9-21-61)66-51(79)35-89-29-28-88-27-26-87-25-22-63-49(77)19-4-3-18-48-52-46(36-90-48)71-59(86)72-52/h1-2,12-13,32,34,41-48,52,64H,3-11,14-31,33,35-36,60-61H2,(H2,62,80)(H,63,77)(H,65,81)(H,66,79)(H,67,78)(H,68,84)(H,69,82)(H,70,83)(H2,71,72,86)/t41-,42-,43-,44-,45-,46-,47-,48?,52-/m0/s1. The van der Waals surface area contributed by atoms with Crippen molar-refractivity contribution in [3.8, 4) is 0 Å². The molecule has 9 atom stereocenters. The first-order chi connectivity index (χ1) is 43.6.